The van der Waals surface area contributed by atoms with Crippen LogP contribution in [0, 0.1) is 10.1 Å². The van der Waals surface area contributed by atoms with Crippen LogP contribution in [0.1, 0.15) is 36.4 Å². The minimum atomic E-state index is -1.40. The molecule has 11 heteroatoms. The lowest BCUT2D eigenvalue weighted by molar-refractivity contribution is -0.385. The molecule has 4 aromatic rings. The predicted molar refractivity (Wildman–Crippen MR) is 143 cm³/mol. The van der Waals surface area contributed by atoms with Crippen LogP contribution in [-0.4, -0.2) is 32.5 Å². The number of halogens is 1. The van der Waals surface area contributed by atoms with Crippen LogP contribution in [0.25, 0.3) is 22.0 Å². The summed E-state index contributed by atoms with van der Waals surface area (Å²) in [4.78, 5) is 51.4. The van der Waals surface area contributed by atoms with Crippen LogP contribution in [0.2, 0.25) is 5.02 Å². The molecule has 5 rings (SSSR count). The highest BCUT2D eigenvalue weighted by Crippen LogP contribution is 2.38. The second-order valence-corrected chi connectivity index (χ2v) is 9.43. The maximum Gasteiger partial charge on any atom is 0.269 e. The largest absolute Gasteiger partial charge is 0.550 e. The highest BCUT2D eigenvalue weighted by atomic mass is 35.5. The first-order valence-corrected chi connectivity index (χ1v) is 12.4. The maximum absolute atomic E-state index is 13.5. The zero-order valence-corrected chi connectivity index (χ0v) is 21.1. The molecule has 0 fully saturated rings. The van der Waals surface area contributed by atoms with E-state index in [-0.39, 0.29) is 29.8 Å². The van der Waals surface area contributed by atoms with Gasteiger partial charge in [-0.1, -0.05) is 54.1 Å². The Kier molecular flexibility index (Phi) is 6.95. The standard InChI is InChI=1S/C28H21ClN4O6/c29-18-9-10-21-20(14-18)26(16-5-2-1-3-6-16)27(28(37)30-21)22-15-23(17-7-4-8-19(13-17)33(38)39)32(31-22)24(34)11-12-25(35)36/h1-10,13-14,23H,11-12,15H2,(H,30,37)(H,35,36)/p-1/t23-/m0/s1. The lowest BCUT2D eigenvalue weighted by Gasteiger charge is -2.22. The number of nitrogens with zero attached hydrogens (tertiary/aromatic N) is 3. The van der Waals surface area contributed by atoms with Crippen molar-refractivity contribution < 1.29 is 19.6 Å². The number of non-ortho nitro benzene ring substituents is 1. The number of carboxylic acids is 1. The van der Waals surface area contributed by atoms with Crippen molar-refractivity contribution in [3.63, 3.8) is 0 Å². The van der Waals surface area contributed by atoms with Crippen LogP contribution in [0.3, 0.4) is 0 Å². The van der Waals surface area contributed by atoms with Crippen molar-refractivity contribution >= 4 is 45.8 Å². The van der Waals surface area contributed by atoms with Gasteiger partial charge >= 0.3 is 0 Å². The molecule has 0 spiro atoms. The number of nitro groups is 1. The summed E-state index contributed by atoms with van der Waals surface area (Å²) in [5, 5.41) is 29.2. The molecular formula is C28H20ClN4O6-. The number of pyridine rings is 1. The van der Waals surface area contributed by atoms with Gasteiger partial charge < -0.3 is 14.9 Å². The van der Waals surface area contributed by atoms with Gasteiger partial charge in [-0.15, -0.1) is 0 Å². The lowest BCUT2D eigenvalue weighted by atomic mass is 9.91. The quantitative estimate of drug-likeness (QED) is 0.275. The molecule has 1 N–H and O–H groups in total. The fourth-order valence-corrected chi connectivity index (χ4v) is 4.94. The molecule has 10 nitrogen and oxygen atoms in total. The smallest absolute Gasteiger partial charge is 0.269 e. The van der Waals surface area contributed by atoms with Crippen LogP contribution in [-0.2, 0) is 9.59 Å². The van der Waals surface area contributed by atoms with Crippen molar-refractivity contribution in [2.75, 3.05) is 0 Å². The van der Waals surface area contributed by atoms with Gasteiger partial charge in [0.05, 0.1) is 22.2 Å². The minimum absolute atomic E-state index is 0.0627. The molecule has 1 aromatic heterocycles. The van der Waals surface area contributed by atoms with Crippen molar-refractivity contribution in [1.29, 1.82) is 0 Å². The van der Waals surface area contributed by atoms with E-state index in [1.807, 2.05) is 30.3 Å². The fourth-order valence-electron chi connectivity index (χ4n) is 4.77. The van der Waals surface area contributed by atoms with Gasteiger partial charge in [0, 0.05) is 52.4 Å². The third-order valence-corrected chi connectivity index (χ3v) is 6.74. The predicted octanol–water partition coefficient (Wildman–Crippen LogP) is 3.96. The number of hydrogen-bond acceptors (Lipinski definition) is 7. The molecule has 1 aliphatic rings. The molecule has 1 amide bonds. The van der Waals surface area contributed by atoms with Crippen LogP contribution in [0.5, 0.6) is 0 Å². The van der Waals surface area contributed by atoms with E-state index in [1.54, 1.807) is 24.3 Å². The number of amides is 1. The first-order chi connectivity index (χ1) is 18.7. The van der Waals surface area contributed by atoms with Gasteiger partial charge in [-0.05, 0) is 35.7 Å². The Hall–Kier alpha value is -4.83. The first kappa shape index (κ1) is 25.8. The number of benzene rings is 3. The second kappa shape index (κ2) is 10.5. The Bertz CT molecular complexity index is 1720. The summed E-state index contributed by atoms with van der Waals surface area (Å²) in [5.41, 5.74) is 2.15. The van der Waals surface area contributed by atoms with E-state index in [2.05, 4.69) is 10.1 Å². The molecule has 0 radical (unpaired) electrons. The minimum Gasteiger partial charge on any atom is -0.550 e. The van der Waals surface area contributed by atoms with E-state index in [9.17, 15) is 29.6 Å². The van der Waals surface area contributed by atoms with Gasteiger partial charge in [0.1, 0.15) is 0 Å². The number of nitro benzene ring substituents is 1. The monoisotopic (exact) mass is 543 g/mol. The number of rotatable bonds is 7. The number of aromatic nitrogens is 1. The topological polar surface area (TPSA) is 149 Å². The Morgan fingerprint density at radius 1 is 1.03 bits per heavy atom. The summed E-state index contributed by atoms with van der Waals surface area (Å²) in [7, 11) is 0. The molecule has 2 heterocycles. The molecule has 196 valence electrons. The summed E-state index contributed by atoms with van der Waals surface area (Å²) in [6.07, 6.45) is -0.848. The van der Waals surface area contributed by atoms with Crippen LogP contribution < -0.4 is 10.7 Å². The molecule has 3 aromatic carbocycles. The van der Waals surface area contributed by atoms with E-state index in [1.165, 1.54) is 18.2 Å². The number of H-pyrrole nitrogens is 1. The average molecular weight is 544 g/mol. The molecule has 0 saturated heterocycles. The van der Waals surface area contributed by atoms with E-state index in [4.69, 9.17) is 11.6 Å². The van der Waals surface area contributed by atoms with E-state index in [0.29, 0.717) is 27.1 Å². The summed E-state index contributed by atoms with van der Waals surface area (Å²) in [5.74, 6) is -2.01. The second-order valence-electron chi connectivity index (χ2n) is 8.99. The molecule has 0 bridgehead atoms. The zero-order chi connectivity index (χ0) is 27.7. The van der Waals surface area contributed by atoms with Gasteiger partial charge in [-0.3, -0.25) is 19.7 Å². The van der Waals surface area contributed by atoms with Crippen LogP contribution in [0.4, 0.5) is 5.69 Å². The Morgan fingerprint density at radius 2 is 1.79 bits per heavy atom. The number of carbonyl (C=O) groups excluding carboxylic acids is 2. The van der Waals surface area contributed by atoms with Crippen LogP contribution in [0.15, 0.2) is 82.7 Å². The third kappa shape index (κ3) is 5.14. The van der Waals surface area contributed by atoms with Crippen molar-refractivity contribution in [2.24, 2.45) is 5.10 Å². The zero-order valence-electron chi connectivity index (χ0n) is 20.3. The normalized spacial score (nSPS) is 14.8. The number of hydrogen-bond donors (Lipinski definition) is 1. The summed E-state index contributed by atoms with van der Waals surface area (Å²) >= 11 is 6.32. The Labute approximate surface area is 226 Å². The van der Waals surface area contributed by atoms with Crippen molar-refractivity contribution in [1.82, 2.24) is 9.99 Å². The Balaban J connectivity index is 1.70. The van der Waals surface area contributed by atoms with Gasteiger partial charge in [0.15, 0.2) is 0 Å². The molecule has 0 saturated carbocycles. The molecule has 0 aliphatic carbocycles. The Morgan fingerprint density at radius 3 is 2.51 bits per heavy atom. The summed E-state index contributed by atoms with van der Waals surface area (Å²) < 4.78 is 0. The number of aliphatic carboxylic acids is 1. The van der Waals surface area contributed by atoms with E-state index in [0.717, 1.165) is 10.6 Å². The van der Waals surface area contributed by atoms with Crippen molar-refractivity contribution in [3.8, 4) is 11.1 Å². The molecule has 1 aliphatic heterocycles. The fraction of sp³-hybridized carbons (Fsp3) is 0.143. The van der Waals surface area contributed by atoms with Gasteiger partial charge in [-0.25, -0.2) is 5.01 Å². The number of hydrazone groups is 1. The van der Waals surface area contributed by atoms with Crippen molar-refractivity contribution in [2.45, 2.75) is 25.3 Å². The number of nitrogens with one attached hydrogen (secondary N) is 1. The molecule has 1 atom stereocenters. The highest BCUT2D eigenvalue weighted by molar-refractivity contribution is 6.31. The number of fused-ring (bicyclic) bond motifs is 1. The number of carbonyl (C=O) groups is 2. The SMILES string of the molecule is O=C([O-])CCC(=O)N1N=C(c2c(-c3ccccc3)c3cc(Cl)ccc3[nH]c2=O)C[C@H]1c1cccc([N+](=O)[O-])c1. The van der Waals surface area contributed by atoms with Gasteiger partial charge in [0.25, 0.3) is 11.2 Å². The third-order valence-electron chi connectivity index (χ3n) is 6.50. The summed E-state index contributed by atoms with van der Waals surface area (Å²) in [6, 6.07) is 19.3. The van der Waals surface area contributed by atoms with E-state index < -0.39 is 34.8 Å². The van der Waals surface area contributed by atoms with E-state index >= 15 is 0 Å². The lowest BCUT2D eigenvalue weighted by Crippen LogP contribution is -2.29. The van der Waals surface area contributed by atoms with Gasteiger partial charge in [-0.2, -0.15) is 5.10 Å². The highest BCUT2D eigenvalue weighted by Gasteiger charge is 2.35. The van der Waals surface area contributed by atoms with Crippen LogP contribution >= 0.6 is 11.6 Å². The average Bonchev–Trinajstić information content (AvgIpc) is 3.37. The number of aromatic amines is 1. The number of carboxylic acid groups (broad SMARTS) is 1. The molecule has 39 heavy (non-hydrogen) atoms. The van der Waals surface area contributed by atoms with Crippen molar-refractivity contribution in [3.05, 3.63) is 109 Å². The summed E-state index contributed by atoms with van der Waals surface area (Å²) in [6.45, 7) is 0. The molecule has 0 unspecified atom stereocenters. The maximum atomic E-state index is 13.5. The van der Waals surface area contributed by atoms with Gasteiger partial charge in [0.2, 0.25) is 5.91 Å². The molecular weight excluding hydrogens is 524 g/mol. The first-order valence-electron chi connectivity index (χ1n) is 12.0.